The Balaban J connectivity index is 1.82. The fraction of sp³-hybridized carbons (Fsp3) is 0.923. The third kappa shape index (κ3) is 2.75. The highest BCUT2D eigenvalue weighted by Crippen LogP contribution is 2.31. The number of rotatable bonds is 3. The first-order valence-electron chi connectivity index (χ1n) is 6.52. The van der Waals surface area contributed by atoms with Crippen LogP contribution in [0.4, 0.5) is 0 Å². The molecule has 0 aromatic carbocycles. The van der Waals surface area contributed by atoms with E-state index in [0.29, 0.717) is 6.10 Å². The van der Waals surface area contributed by atoms with Gasteiger partial charge in [-0.1, -0.05) is 6.92 Å². The van der Waals surface area contributed by atoms with Gasteiger partial charge in [0.2, 0.25) is 0 Å². The highest BCUT2D eigenvalue weighted by atomic mass is 16.5. The summed E-state index contributed by atoms with van der Waals surface area (Å²) in [7, 11) is 0. The average molecular weight is 222 g/mol. The van der Waals surface area contributed by atoms with E-state index in [1.807, 2.05) is 0 Å². The van der Waals surface area contributed by atoms with E-state index in [-0.39, 0.29) is 5.54 Å². The Morgan fingerprint density at radius 3 is 2.69 bits per heavy atom. The van der Waals surface area contributed by atoms with Crippen molar-refractivity contribution in [1.82, 2.24) is 5.32 Å². The molecule has 3 heteroatoms. The number of ether oxygens (including phenoxy) is 1. The number of hydrogen-bond acceptors (Lipinski definition) is 3. The van der Waals surface area contributed by atoms with Gasteiger partial charge < -0.3 is 4.74 Å². The van der Waals surface area contributed by atoms with Crippen LogP contribution in [0.3, 0.4) is 0 Å². The summed E-state index contributed by atoms with van der Waals surface area (Å²) in [5.41, 5.74) is -0.265. The van der Waals surface area contributed by atoms with Gasteiger partial charge in [0.1, 0.15) is 5.54 Å². The van der Waals surface area contributed by atoms with Crippen molar-refractivity contribution in [3.63, 3.8) is 0 Å². The molecule has 3 nitrogen and oxygen atoms in total. The molecule has 2 fully saturated rings. The predicted molar refractivity (Wildman–Crippen MR) is 63.0 cm³/mol. The number of nitrogens with zero attached hydrogens (tertiary/aromatic N) is 1. The molecule has 1 aliphatic heterocycles. The number of nitrogens with one attached hydrogen (secondary N) is 1. The zero-order valence-corrected chi connectivity index (χ0v) is 10.2. The quantitative estimate of drug-likeness (QED) is 0.796. The van der Waals surface area contributed by atoms with Crippen molar-refractivity contribution in [2.24, 2.45) is 5.92 Å². The van der Waals surface area contributed by atoms with Gasteiger partial charge in [-0.3, -0.25) is 5.32 Å². The van der Waals surface area contributed by atoms with Crippen LogP contribution >= 0.6 is 0 Å². The lowest BCUT2D eigenvalue weighted by atomic mass is 9.78. The van der Waals surface area contributed by atoms with Crippen LogP contribution in [0.1, 0.15) is 45.4 Å². The molecule has 1 heterocycles. The summed E-state index contributed by atoms with van der Waals surface area (Å²) in [6.45, 7) is 4.02. The van der Waals surface area contributed by atoms with E-state index in [2.05, 4.69) is 18.3 Å². The minimum Gasteiger partial charge on any atom is -0.377 e. The molecule has 1 atom stereocenters. The second kappa shape index (κ2) is 5.16. The van der Waals surface area contributed by atoms with Gasteiger partial charge in [0.05, 0.1) is 12.2 Å². The largest absolute Gasteiger partial charge is 0.377 e. The van der Waals surface area contributed by atoms with Crippen LogP contribution in [-0.4, -0.2) is 24.8 Å². The monoisotopic (exact) mass is 222 g/mol. The zero-order chi connectivity index (χ0) is 11.4. The molecular weight excluding hydrogens is 200 g/mol. The lowest BCUT2D eigenvalue weighted by Crippen LogP contribution is -2.49. The Kier molecular flexibility index (Phi) is 3.83. The van der Waals surface area contributed by atoms with Gasteiger partial charge in [-0.05, 0) is 44.4 Å². The Labute approximate surface area is 98.2 Å². The maximum atomic E-state index is 9.35. The van der Waals surface area contributed by atoms with Gasteiger partial charge in [-0.2, -0.15) is 5.26 Å². The molecule has 2 aliphatic rings. The number of hydrogen-bond donors (Lipinski definition) is 1. The van der Waals surface area contributed by atoms with Crippen LogP contribution in [0.25, 0.3) is 0 Å². The summed E-state index contributed by atoms with van der Waals surface area (Å²) in [5, 5.41) is 12.8. The molecule has 0 radical (unpaired) electrons. The van der Waals surface area contributed by atoms with Crippen molar-refractivity contribution >= 4 is 0 Å². The summed E-state index contributed by atoms with van der Waals surface area (Å²) in [4.78, 5) is 0. The van der Waals surface area contributed by atoms with Crippen LogP contribution in [0.15, 0.2) is 0 Å². The van der Waals surface area contributed by atoms with Crippen molar-refractivity contribution in [3.05, 3.63) is 0 Å². The summed E-state index contributed by atoms with van der Waals surface area (Å²) in [6.07, 6.45) is 6.99. The molecule has 1 saturated heterocycles. The summed E-state index contributed by atoms with van der Waals surface area (Å²) in [5.74, 6) is 0.783. The summed E-state index contributed by atoms with van der Waals surface area (Å²) < 4.78 is 5.58. The first kappa shape index (κ1) is 11.9. The van der Waals surface area contributed by atoms with Crippen molar-refractivity contribution in [1.29, 1.82) is 5.26 Å². The predicted octanol–water partition coefficient (Wildman–Crippen LogP) is 2.23. The highest BCUT2D eigenvalue weighted by molar-refractivity contribution is 5.09. The molecule has 0 amide bonds. The Morgan fingerprint density at radius 1 is 1.38 bits per heavy atom. The van der Waals surface area contributed by atoms with Crippen molar-refractivity contribution in [3.8, 4) is 6.07 Å². The molecule has 90 valence electrons. The van der Waals surface area contributed by atoms with E-state index in [1.54, 1.807) is 0 Å². The summed E-state index contributed by atoms with van der Waals surface area (Å²) in [6, 6.07) is 2.50. The van der Waals surface area contributed by atoms with Crippen LogP contribution in [0.2, 0.25) is 0 Å². The molecule has 1 unspecified atom stereocenters. The van der Waals surface area contributed by atoms with Gasteiger partial charge in [-0.25, -0.2) is 0 Å². The van der Waals surface area contributed by atoms with E-state index in [1.165, 1.54) is 19.3 Å². The molecule has 0 aromatic heterocycles. The maximum absolute atomic E-state index is 9.35. The molecule has 1 aliphatic carbocycles. The highest BCUT2D eigenvalue weighted by Gasteiger charge is 2.34. The van der Waals surface area contributed by atoms with Crippen LogP contribution < -0.4 is 5.32 Å². The fourth-order valence-electron chi connectivity index (χ4n) is 2.70. The first-order chi connectivity index (χ1) is 7.74. The number of nitriles is 1. The normalized spacial score (nSPS) is 39.5. The van der Waals surface area contributed by atoms with E-state index in [4.69, 9.17) is 4.74 Å². The Hall–Kier alpha value is -0.590. The lowest BCUT2D eigenvalue weighted by molar-refractivity contribution is 0.0993. The van der Waals surface area contributed by atoms with Crippen LogP contribution in [0.5, 0.6) is 0 Å². The SMILES string of the molecule is CC1CCC(C#N)(NCC2CCCO2)CC1. The molecule has 0 spiro atoms. The molecule has 16 heavy (non-hydrogen) atoms. The van der Waals surface area contributed by atoms with E-state index >= 15 is 0 Å². The molecule has 2 rings (SSSR count). The first-order valence-corrected chi connectivity index (χ1v) is 6.52. The van der Waals surface area contributed by atoms with E-state index in [0.717, 1.165) is 38.3 Å². The average Bonchev–Trinajstić information content (AvgIpc) is 2.82. The van der Waals surface area contributed by atoms with Crippen molar-refractivity contribution in [2.45, 2.75) is 57.1 Å². The molecule has 0 bridgehead atoms. The topological polar surface area (TPSA) is 45.0 Å². The van der Waals surface area contributed by atoms with Crippen molar-refractivity contribution < 1.29 is 4.74 Å². The van der Waals surface area contributed by atoms with Crippen molar-refractivity contribution in [2.75, 3.05) is 13.2 Å². The second-order valence-corrected chi connectivity index (χ2v) is 5.39. The molecule has 1 saturated carbocycles. The van der Waals surface area contributed by atoms with Gasteiger partial charge in [0.15, 0.2) is 0 Å². The van der Waals surface area contributed by atoms with E-state index < -0.39 is 0 Å². The van der Waals surface area contributed by atoms with Crippen LogP contribution in [0, 0.1) is 17.2 Å². The Morgan fingerprint density at radius 2 is 2.12 bits per heavy atom. The smallest absolute Gasteiger partial charge is 0.106 e. The minimum absolute atomic E-state index is 0.265. The molecular formula is C13H22N2O. The second-order valence-electron chi connectivity index (χ2n) is 5.39. The lowest BCUT2D eigenvalue weighted by Gasteiger charge is -2.35. The van der Waals surface area contributed by atoms with Gasteiger partial charge >= 0.3 is 0 Å². The fourth-order valence-corrected chi connectivity index (χ4v) is 2.70. The zero-order valence-electron chi connectivity index (χ0n) is 10.2. The standard InChI is InChI=1S/C13H22N2O/c1-11-4-6-13(10-14,7-5-11)15-9-12-3-2-8-16-12/h11-12,15H,2-9H2,1H3. The van der Waals surface area contributed by atoms with Crippen LogP contribution in [-0.2, 0) is 4.74 Å². The Bertz CT molecular complexity index is 258. The van der Waals surface area contributed by atoms with Gasteiger partial charge in [0.25, 0.3) is 0 Å². The minimum atomic E-state index is -0.265. The maximum Gasteiger partial charge on any atom is 0.106 e. The van der Waals surface area contributed by atoms with E-state index in [9.17, 15) is 5.26 Å². The third-order valence-corrected chi connectivity index (χ3v) is 4.03. The summed E-state index contributed by atoms with van der Waals surface area (Å²) >= 11 is 0. The van der Waals surface area contributed by atoms with Gasteiger partial charge in [0, 0.05) is 13.2 Å². The van der Waals surface area contributed by atoms with Gasteiger partial charge in [-0.15, -0.1) is 0 Å². The molecule has 1 N–H and O–H groups in total. The molecule has 0 aromatic rings. The third-order valence-electron chi connectivity index (χ3n) is 4.03.